The SMILES string of the molecule is c1ccc(-c2nc(-c3ccccc3)nc(-c3ccc(C4CCCCC4c4ccc(N(c5ccccc5)c5ccccc5)cc4)cc3)n2)cc1. The van der Waals surface area contributed by atoms with Gasteiger partial charge in [-0.15, -0.1) is 0 Å². The van der Waals surface area contributed by atoms with Crippen LogP contribution in [0.15, 0.2) is 170 Å². The molecule has 2 unspecified atom stereocenters. The molecule has 0 bridgehead atoms. The van der Waals surface area contributed by atoms with Gasteiger partial charge in [-0.05, 0) is 72.2 Å². The van der Waals surface area contributed by atoms with Gasteiger partial charge in [0, 0.05) is 33.8 Å². The Morgan fingerprint density at radius 2 is 0.673 bits per heavy atom. The molecule has 0 radical (unpaired) electrons. The standard InChI is InChI=1S/C45H38N4/c1-5-15-35(16-6-1)43-46-44(36-17-7-2-8-18-36)48-45(47-43)37-27-25-33(26-28-37)41-23-13-14-24-42(41)34-29-31-40(32-30-34)49(38-19-9-3-10-20-38)39-21-11-4-12-22-39/h1-12,15-22,25-32,41-42H,13-14,23-24H2. The van der Waals surface area contributed by atoms with E-state index in [9.17, 15) is 0 Å². The van der Waals surface area contributed by atoms with Crippen LogP contribution in [0.3, 0.4) is 0 Å². The Kier molecular flexibility index (Phi) is 8.76. The Morgan fingerprint density at radius 1 is 0.347 bits per heavy atom. The molecule has 1 saturated carbocycles. The number of para-hydroxylation sites is 2. The summed E-state index contributed by atoms with van der Waals surface area (Å²) in [5.41, 5.74) is 9.23. The number of hydrogen-bond acceptors (Lipinski definition) is 4. The summed E-state index contributed by atoms with van der Waals surface area (Å²) in [4.78, 5) is 17.1. The maximum atomic E-state index is 4.94. The van der Waals surface area contributed by atoms with Crippen molar-refractivity contribution in [2.75, 3.05) is 4.90 Å². The van der Waals surface area contributed by atoms with Crippen molar-refractivity contribution >= 4 is 17.1 Å². The highest BCUT2D eigenvalue weighted by atomic mass is 15.1. The van der Waals surface area contributed by atoms with Crippen LogP contribution < -0.4 is 4.90 Å². The summed E-state index contributed by atoms with van der Waals surface area (Å²) in [6.45, 7) is 0. The van der Waals surface area contributed by atoms with E-state index in [0.29, 0.717) is 29.3 Å². The van der Waals surface area contributed by atoms with E-state index in [1.54, 1.807) is 0 Å². The van der Waals surface area contributed by atoms with Crippen molar-refractivity contribution in [2.45, 2.75) is 37.5 Å². The summed E-state index contributed by atoms with van der Waals surface area (Å²) in [5, 5.41) is 0. The van der Waals surface area contributed by atoms with Gasteiger partial charge in [0.25, 0.3) is 0 Å². The van der Waals surface area contributed by atoms with E-state index in [1.807, 2.05) is 60.7 Å². The molecule has 4 heteroatoms. The summed E-state index contributed by atoms with van der Waals surface area (Å²) in [6.07, 6.45) is 4.90. The lowest BCUT2D eigenvalue weighted by molar-refractivity contribution is 0.386. The summed E-state index contributed by atoms with van der Waals surface area (Å²) < 4.78 is 0. The molecule has 7 aromatic rings. The molecular weight excluding hydrogens is 597 g/mol. The quantitative estimate of drug-likeness (QED) is 0.167. The Balaban J connectivity index is 1.08. The van der Waals surface area contributed by atoms with Gasteiger partial charge in [-0.2, -0.15) is 0 Å². The van der Waals surface area contributed by atoms with Crippen LogP contribution in [0.2, 0.25) is 0 Å². The normalized spacial score (nSPS) is 15.8. The number of hydrogen-bond donors (Lipinski definition) is 0. The minimum atomic E-state index is 0.464. The molecule has 2 atom stereocenters. The number of rotatable bonds is 8. The van der Waals surface area contributed by atoms with Crippen molar-refractivity contribution in [3.63, 3.8) is 0 Å². The Bertz CT molecular complexity index is 2000. The van der Waals surface area contributed by atoms with E-state index in [4.69, 9.17) is 15.0 Å². The molecule has 1 aliphatic rings. The maximum Gasteiger partial charge on any atom is 0.164 e. The molecule has 0 spiro atoms. The van der Waals surface area contributed by atoms with Crippen LogP contribution >= 0.6 is 0 Å². The fourth-order valence-corrected chi connectivity index (χ4v) is 7.22. The molecular formula is C45H38N4. The van der Waals surface area contributed by atoms with Crippen molar-refractivity contribution in [1.29, 1.82) is 0 Å². The first-order valence-corrected chi connectivity index (χ1v) is 17.3. The van der Waals surface area contributed by atoms with Crippen molar-refractivity contribution in [3.8, 4) is 34.2 Å². The topological polar surface area (TPSA) is 41.9 Å². The van der Waals surface area contributed by atoms with E-state index in [2.05, 4.69) is 114 Å². The molecule has 0 saturated heterocycles. The van der Waals surface area contributed by atoms with Gasteiger partial charge in [-0.25, -0.2) is 15.0 Å². The smallest absolute Gasteiger partial charge is 0.164 e. The monoisotopic (exact) mass is 634 g/mol. The molecule has 0 aliphatic heterocycles. The number of anilines is 3. The first-order chi connectivity index (χ1) is 24.3. The molecule has 0 N–H and O–H groups in total. The van der Waals surface area contributed by atoms with Gasteiger partial charge in [-0.1, -0.05) is 146 Å². The summed E-state index contributed by atoms with van der Waals surface area (Å²) >= 11 is 0. The molecule has 1 heterocycles. The molecule has 1 aromatic heterocycles. The highest BCUT2D eigenvalue weighted by molar-refractivity contribution is 5.76. The number of benzene rings is 6. The number of aromatic nitrogens is 3. The Morgan fingerprint density at radius 3 is 1.08 bits per heavy atom. The van der Waals surface area contributed by atoms with E-state index in [1.165, 1.54) is 42.5 Å². The maximum absolute atomic E-state index is 4.94. The lowest BCUT2D eigenvalue weighted by Gasteiger charge is -2.33. The lowest BCUT2D eigenvalue weighted by atomic mass is 9.72. The molecule has 1 aliphatic carbocycles. The van der Waals surface area contributed by atoms with Crippen LogP contribution in [0, 0.1) is 0 Å². The minimum Gasteiger partial charge on any atom is -0.311 e. The fraction of sp³-hybridized carbons (Fsp3) is 0.133. The zero-order valence-corrected chi connectivity index (χ0v) is 27.4. The predicted octanol–water partition coefficient (Wildman–Crippen LogP) is 11.8. The molecule has 0 amide bonds. The van der Waals surface area contributed by atoms with Gasteiger partial charge in [0.15, 0.2) is 17.5 Å². The van der Waals surface area contributed by atoms with Gasteiger partial charge >= 0.3 is 0 Å². The van der Waals surface area contributed by atoms with Crippen molar-refractivity contribution < 1.29 is 0 Å². The Labute approximate surface area is 288 Å². The molecule has 1 fully saturated rings. The third kappa shape index (κ3) is 6.63. The zero-order valence-electron chi connectivity index (χ0n) is 27.4. The second-order valence-corrected chi connectivity index (χ2v) is 12.8. The van der Waals surface area contributed by atoms with Crippen LogP contribution in [0.1, 0.15) is 48.6 Å². The van der Waals surface area contributed by atoms with Crippen LogP contribution in [-0.2, 0) is 0 Å². The van der Waals surface area contributed by atoms with E-state index in [0.717, 1.165) is 28.1 Å². The van der Waals surface area contributed by atoms with E-state index >= 15 is 0 Å². The first kappa shape index (κ1) is 30.5. The second-order valence-electron chi connectivity index (χ2n) is 12.8. The fourth-order valence-electron chi connectivity index (χ4n) is 7.22. The lowest BCUT2D eigenvalue weighted by Crippen LogP contribution is -2.16. The Hall–Kier alpha value is -5.87. The third-order valence-electron chi connectivity index (χ3n) is 9.67. The van der Waals surface area contributed by atoms with Crippen LogP contribution in [0.4, 0.5) is 17.1 Å². The van der Waals surface area contributed by atoms with Crippen molar-refractivity contribution in [1.82, 2.24) is 15.0 Å². The van der Waals surface area contributed by atoms with Crippen LogP contribution in [-0.4, -0.2) is 15.0 Å². The van der Waals surface area contributed by atoms with Gasteiger partial charge in [0.1, 0.15) is 0 Å². The number of nitrogens with zero attached hydrogens (tertiary/aromatic N) is 4. The molecule has 8 rings (SSSR count). The van der Waals surface area contributed by atoms with Gasteiger partial charge in [-0.3, -0.25) is 0 Å². The molecule has 4 nitrogen and oxygen atoms in total. The molecule has 238 valence electrons. The summed E-state index contributed by atoms with van der Waals surface area (Å²) in [5.74, 6) is 2.99. The zero-order chi connectivity index (χ0) is 32.8. The van der Waals surface area contributed by atoms with E-state index < -0.39 is 0 Å². The third-order valence-corrected chi connectivity index (χ3v) is 9.67. The molecule has 6 aromatic carbocycles. The minimum absolute atomic E-state index is 0.464. The van der Waals surface area contributed by atoms with Gasteiger partial charge in [0.05, 0.1) is 0 Å². The van der Waals surface area contributed by atoms with Crippen LogP contribution in [0.25, 0.3) is 34.2 Å². The van der Waals surface area contributed by atoms with E-state index in [-0.39, 0.29) is 0 Å². The predicted molar refractivity (Wildman–Crippen MR) is 201 cm³/mol. The van der Waals surface area contributed by atoms with Gasteiger partial charge in [0.2, 0.25) is 0 Å². The van der Waals surface area contributed by atoms with Crippen molar-refractivity contribution in [2.24, 2.45) is 0 Å². The summed E-state index contributed by atoms with van der Waals surface area (Å²) in [7, 11) is 0. The largest absolute Gasteiger partial charge is 0.311 e. The molecule has 49 heavy (non-hydrogen) atoms. The average Bonchev–Trinajstić information content (AvgIpc) is 3.20. The summed E-state index contributed by atoms with van der Waals surface area (Å²) in [6, 6.07) is 59.8. The second kappa shape index (κ2) is 14.1. The average molecular weight is 635 g/mol. The van der Waals surface area contributed by atoms with Crippen molar-refractivity contribution in [3.05, 3.63) is 181 Å². The highest BCUT2D eigenvalue weighted by Crippen LogP contribution is 2.45. The first-order valence-electron chi connectivity index (χ1n) is 17.3. The van der Waals surface area contributed by atoms with Gasteiger partial charge < -0.3 is 4.90 Å². The highest BCUT2D eigenvalue weighted by Gasteiger charge is 2.28. The van der Waals surface area contributed by atoms with Crippen LogP contribution in [0.5, 0.6) is 0 Å².